The molecule has 0 radical (unpaired) electrons. The van der Waals surface area contributed by atoms with Gasteiger partial charge in [-0.25, -0.2) is 4.79 Å². The molecular weight excluding hydrogens is 296 g/mol. The van der Waals surface area contributed by atoms with Gasteiger partial charge in [0, 0.05) is 17.9 Å². The van der Waals surface area contributed by atoms with Crippen LogP contribution >= 0.6 is 0 Å². The molecule has 3 rings (SSSR count). The van der Waals surface area contributed by atoms with E-state index in [0.717, 1.165) is 17.8 Å². The number of hydrogen-bond donors (Lipinski definition) is 0. The molecule has 0 spiro atoms. The summed E-state index contributed by atoms with van der Waals surface area (Å²) in [5.41, 5.74) is 1.62. The van der Waals surface area contributed by atoms with Gasteiger partial charge in [-0.05, 0) is 30.7 Å². The first kappa shape index (κ1) is 17.3. The van der Waals surface area contributed by atoms with E-state index in [9.17, 15) is 9.59 Å². The Morgan fingerprint density at radius 3 is 2.22 bits per heavy atom. The first-order valence-electron chi connectivity index (χ1n) is 8.15. The normalized spacial score (nSPS) is 20.9. The predicted octanol–water partition coefficient (Wildman–Crippen LogP) is 2.81. The van der Waals surface area contributed by atoms with Crippen LogP contribution in [0.4, 0.5) is 16.2 Å². The topological polar surface area (TPSA) is 59.1 Å². The summed E-state index contributed by atoms with van der Waals surface area (Å²) in [4.78, 5) is 26.9. The zero-order valence-electron chi connectivity index (χ0n) is 13.9. The number of cyclic esters (lactones) is 1. The zero-order valence-corrected chi connectivity index (χ0v) is 13.9. The van der Waals surface area contributed by atoms with Gasteiger partial charge in [0.1, 0.15) is 12.7 Å². The van der Waals surface area contributed by atoms with Gasteiger partial charge in [0.2, 0.25) is 0 Å². The molecule has 2 fully saturated rings. The van der Waals surface area contributed by atoms with E-state index in [1.165, 1.54) is 0 Å². The molecule has 1 atom stereocenters. The van der Waals surface area contributed by atoms with E-state index in [1.54, 1.807) is 9.80 Å². The molecule has 2 aliphatic heterocycles. The van der Waals surface area contributed by atoms with Crippen molar-refractivity contribution in [3.63, 3.8) is 0 Å². The Balaban J connectivity index is 0.000000924. The van der Waals surface area contributed by atoms with Crippen LogP contribution in [0.3, 0.4) is 0 Å². The fourth-order valence-electron chi connectivity index (χ4n) is 2.55. The van der Waals surface area contributed by atoms with E-state index in [0.29, 0.717) is 19.7 Å². The Kier molecular flexibility index (Phi) is 5.98. The van der Waals surface area contributed by atoms with Crippen LogP contribution in [0, 0.1) is 0 Å². The molecular formula is C17H24N2O4. The van der Waals surface area contributed by atoms with E-state index in [1.807, 2.05) is 45.0 Å². The van der Waals surface area contributed by atoms with Crippen molar-refractivity contribution in [1.29, 1.82) is 0 Å². The van der Waals surface area contributed by atoms with Gasteiger partial charge < -0.3 is 14.4 Å². The van der Waals surface area contributed by atoms with Crippen molar-refractivity contribution in [3.8, 4) is 0 Å². The van der Waals surface area contributed by atoms with Crippen LogP contribution in [-0.2, 0) is 14.3 Å². The van der Waals surface area contributed by atoms with Gasteiger partial charge in [-0.2, -0.15) is 0 Å². The minimum atomic E-state index is -0.308. The van der Waals surface area contributed by atoms with Crippen LogP contribution in [0.1, 0.15) is 27.2 Å². The molecule has 2 heterocycles. The number of anilines is 2. The number of rotatable bonds is 3. The van der Waals surface area contributed by atoms with Crippen LogP contribution in [0.2, 0.25) is 0 Å². The minimum Gasteiger partial charge on any atom is -0.444 e. The maximum absolute atomic E-state index is 11.8. The van der Waals surface area contributed by atoms with Crippen LogP contribution < -0.4 is 9.80 Å². The van der Waals surface area contributed by atoms with Crippen LogP contribution in [0.5, 0.6) is 0 Å². The van der Waals surface area contributed by atoms with Gasteiger partial charge in [-0.15, -0.1) is 0 Å². The molecule has 0 bridgehead atoms. The second kappa shape index (κ2) is 7.97. The smallest absolute Gasteiger partial charge is 0.414 e. The van der Waals surface area contributed by atoms with E-state index < -0.39 is 0 Å². The highest BCUT2D eigenvalue weighted by atomic mass is 16.6. The molecule has 2 amide bonds. The zero-order chi connectivity index (χ0) is 16.8. The molecule has 6 heteroatoms. The first-order chi connectivity index (χ1) is 11.2. The second-order valence-corrected chi connectivity index (χ2v) is 5.14. The molecule has 1 aromatic carbocycles. The average molecular weight is 320 g/mol. The minimum absolute atomic E-state index is 0.0411. The fourth-order valence-corrected chi connectivity index (χ4v) is 2.55. The Morgan fingerprint density at radius 2 is 1.70 bits per heavy atom. The van der Waals surface area contributed by atoms with E-state index in [2.05, 4.69) is 0 Å². The maximum Gasteiger partial charge on any atom is 0.414 e. The number of carbonyl (C=O) groups is 2. The third kappa shape index (κ3) is 3.82. The number of morpholine rings is 1. The van der Waals surface area contributed by atoms with Crippen molar-refractivity contribution < 1.29 is 19.1 Å². The Hall–Kier alpha value is -2.08. The number of benzene rings is 1. The third-order valence-electron chi connectivity index (χ3n) is 3.79. The lowest BCUT2D eigenvalue weighted by Gasteiger charge is -2.27. The Morgan fingerprint density at radius 1 is 1.09 bits per heavy atom. The molecule has 0 aliphatic carbocycles. The van der Waals surface area contributed by atoms with Gasteiger partial charge >= 0.3 is 6.09 Å². The number of ether oxygens (including phenoxy) is 2. The molecule has 0 N–H and O–H groups in total. The lowest BCUT2D eigenvalue weighted by Crippen LogP contribution is -2.41. The standard InChI is InChI=1S/C15H18N2O4.C2H6/c1-2-13-9-17(15(19)21-13)12-5-3-11(4-6-12)16-7-8-20-10-14(16)18;1-2/h3-6,13H,2,7-10H2,1H3;1-2H3/t13-;/m0./s1. The summed E-state index contributed by atoms with van der Waals surface area (Å²) in [6.07, 6.45) is 0.456. The molecule has 23 heavy (non-hydrogen) atoms. The molecule has 0 unspecified atom stereocenters. The van der Waals surface area contributed by atoms with Crippen molar-refractivity contribution >= 4 is 23.4 Å². The van der Waals surface area contributed by atoms with Gasteiger partial charge in [-0.3, -0.25) is 9.69 Å². The average Bonchev–Trinajstić information content (AvgIpc) is 2.98. The quantitative estimate of drug-likeness (QED) is 0.859. The van der Waals surface area contributed by atoms with E-state index in [4.69, 9.17) is 9.47 Å². The summed E-state index contributed by atoms with van der Waals surface area (Å²) in [6, 6.07) is 7.39. The summed E-state index contributed by atoms with van der Waals surface area (Å²) in [6.45, 7) is 7.80. The Labute approximate surface area is 137 Å². The predicted molar refractivity (Wildman–Crippen MR) is 88.9 cm³/mol. The molecule has 0 saturated carbocycles. The molecule has 1 aromatic rings. The summed E-state index contributed by atoms with van der Waals surface area (Å²) < 4.78 is 10.4. The van der Waals surface area contributed by atoms with Crippen LogP contribution in [0.15, 0.2) is 24.3 Å². The summed E-state index contributed by atoms with van der Waals surface area (Å²) >= 11 is 0. The van der Waals surface area contributed by atoms with Crippen molar-refractivity contribution in [3.05, 3.63) is 24.3 Å². The number of carbonyl (C=O) groups excluding carboxylic acids is 2. The second-order valence-electron chi connectivity index (χ2n) is 5.14. The molecule has 2 saturated heterocycles. The van der Waals surface area contributed by atoms with Crippen molar-refractivity contribution in [1.82, 2.24) is 0 Å². The monoisotopic (exact) mass is 320 g/mol. The summed E-state index contributed by atoms with van der Waals surface area (Å²) in [7, 11) is 0. The van der Waals surface area contributed by atoms with Crippen LogP contribution in [-0.4, -0.2) is 44.4 Å². The summed E-state index contributed by atoms with van der Waals surface area (Å²) in [5.74, 6) is -0.0411. The third-order valence-corrected chi connectivity index (χ3v) is 3.79. The van der Waals surface area contributed by atoms with Gasteiger partial charge in [0.15, 0.2) is 0 Å². The van der Waals surface area contributed by atoms with E-state index in [-0.39, 0.29) is 24.7 Å². The lowest BCUT2D eigenvalue weighted by atomic mass is 10.2. The molecule has 2 aliphatic rings. The maximum atomic E-state index is 11.8. The molecule has 6 nitrogen and oxygen atoms in total. The Bertz CT molecular complexity index is 544. The molecule has 0 aromatic heterocycles. The molecule has 126 valence electrons. The van der Waals surface area contributed by atoms with Crippen LogP contribution in [0.25, 0.3) is 0 Å². The highest BCUT2D eigenvalue weighted by molar-refractivity contribution is 5.95. The number of amides is 2. The summed E-state index contributed by atoms with van der Waals surface area (Å²) in [5, 5.41) is 0. The van der Waals surface area contributed by atoms with Gasteiger partial charge in [0.05, 0.1) is 13.2 Å². The van der Waals surface area contributed by atoms with Crippen molar-refractivity contribution in [2.24, 2.45) is 0 Å². The lowest BCUT2D eigenvalue weighted by molar-refractivity contribution is -0.125. The first-order valence-corrected chi connectivity index (χ1v) is 8.15. The van der Waals surface area contributed by atoms with Gasteiger partial charge in [0.25, 0.3) is 5.91 Å². The van der Waals surface area contributed by atoms with E-state index >= 15 is 0 Å². The fraction of sp³-hybridized carbons (Fsp3) is 0.529. The highest BCUT2D eigenvalue weighted by Crippen LogP contribution is 2.26. The SMILES string of the molecule is CC.CC[C@H]1CN(c2ccc(N3CCOCC3=O)cc2)C(=O)O1. The highest BCUT2D eigenvalue weighted by Gasteiger charge is 2.31. The number of hydrogen-bond acceptors (Lipinski definition) is 4. The van der Waals surface area contributed by atoms with Crippen molar-refractivity contribution in [2.45, 2.75) is 33.3 Å². The van der Waals surface area contributed by atoms with Gasteiger partial charge in [-0.1, -0.05) is 20.8 Å². The van der Waals surface area contributed by atoms with Crippen molar-refractivity contribution in [2.75, 3.05) is 36.1 Å². The number of nitrogens with zero attached hydrogens (tertiary/aromatic N) is 2. The largest absolute Gasteiger partial charge is 0.444 e.